The molecule has 1 fully saturated rings. The first kappa shape index (κ1) is 23.6. The Labute approximate surface area is 197 Å². The van der Waals surface area contributed by atoms with Gasteiger partial charge in [-0.3, -0.25) is 4.79 Å². The Bertz CT molecular complexity index is 430. The summed E-state index contributed by atoms with van der Waals surface area (Å²) >= 11 is 0. The van der Waals surface area contributed by atoms with Crippen LogP contribution >= 0.6 is 0 Å². The quantitative estimate of drug-likeness (QED) is 0.302. The Kier molecular flexibility index (Phi) is 13.0. The molecule has 3 heteroatoms. The molecule has 0 aromatic heterocycles. The summed E-state index contributed by atoms with van der Waals surface area (Å²) in [5.74, 6) is 3.16. The van der Waals surface area contributed by atoms with Gasteiger partial charge in [0, 0.05) is 6.42 Å². The molecule has 138 valence electrons. The van der Waals surface area contributed by atoms with Crippen LogP contribution in [0.1, 0.15) is 84.0 Å². The van der Waals surface area contributed by atoms with E-state index in [4.69, 9.17) is 5.11 Å². The molecule has 0 spiro atoms. The first-order valence-corrected chi connectivity index (χ1v) is 10.3. The summed E-state index contributed by atoms with van der Waals surface area (Å²) in [5, 5.41) is 8.41. The van der Waals surface area contributed by atoms with E-state index in [0.29, 0.717) is 6.42 Å². The number of hydrogen-bond donors (Lipinski definition) is 1. The fourth-order valence-electron chi connectivity index (χ4n) is 4.56. The Balaban J connectivity index is 0.000000248. The average molecular weight is 373 g/mol. The molecule has 4 unspecified atom stereocenters. The molecule has 2 bridgehead atoms. The third kappa shape index (κ3) is 8.42. The number of rotatable bonds is 10. The van der Waals surface area contributed by atoms with Gasteiger partial charge in [-0.15, -0.1) is 0 Å². The molecular weight excluding hydrogens is 335 g/mol. The van der Waals surface area contributed by atoms with Crippen LogP contribution in [0, 0.1) is 23.7 Å². The second-order valence-corrected chi connectivity index (χ2v) is 7.83. The molecule has 1 saturated carbocycles. The van der Waals surface area contributed by atoms with Crippen molar-refractivity contribution in [2.24, 2.45) is 23.7 Å². The molecule has 0 amide bonds. The molecule has 2 nitrogen and oxygen atoms in total. The predicted octanol–water partition coefficient (Wildman–Crippen LogP) is 5.73. The molecule has 0 heterocycles. The molecule has 3 aliphatic carbocycles. The van der Waals surface area contributed by atoms with E-state index >= 15 is 0 Å². The number of carboxylic acids is 1. The van der Waals surface area contributed by atoms with Crippen molar-refractivity contribution in [2.45, 2.75) is 84.0 Å². The van der Waals surface area contributed by atoms with E-state index < -0.39 is 5.97 Å². The van der Waals surface area contributed by atoms with E-state index in [1.54, 1.807) is 0 Å². The molecule has 0 aromatic rings. The van der Waals surface area contributed by atoms with Gasteiger partial charge in [-0.2, -0.15) is 0 Å². The van der Waals surface area contributed by atoms with Crippen LogP contribution in [0.5, 0.6) is 0 Å². The van der Waals surface area contributed by atoms with Crippen molar-refractivity contribution in [1.82, 2.24) is 0 Å². The second-order valence-electron chi connectivity index (χ2n) is 7.83. The van der Waals surface area contributed by atoms with Crippen LogP contribution in [-0.2, 0) is 4.79 Å². The van der Waals surface area contributed by atoms with Crippen LogP contribution in [-0.4, -0.2) is 62.5 Å². The van der Waals surface area contributed by atoms with Gasteiger partial charge in [0.2, 0.25) is 0 Å². The summed E-state index contributed by atoms with van der Waals surface area (Å²) < 4.78 is 0. The van der Waals surface area contributed by atoms with Crippen molar-refractivity contribution in [1.29, 1.82) is 0 Å². The number of allylic oxidation sites excluding steroid dienone is 4. The average Bonchev–Trinajstić information content (AvgIpc) is 3.27. The van der Waals surface area contributed by atoms with Crippen LogP contribution in [0.25, 0.3) is 0 Å². The first-order valence-electron chi connectivity index (χ1n) is 10.3. The number of unbranched alkanes of at least 4 members (excludes halogenated alkanes) is 8. The van der Waals surface area contributed by atoms with Crippen LogP contribution in [0.3, 0.4) is 0 Å². The molecule has 0 aromatic carbocycles. The molecule has 4 atom stereocenters. The summed E-state index contributed by atoms with van der Waals surface area (Å²) in [4.78, 5) is 10.2. The topological polar surface area (TPSA) is 37.3 Å². The third-order valence-electron chi connectivity index (χ3n) is 5.95. The number of fused-ring (bicyclic) bond motifs is 5. The molecule has 0 saturated heterocycles. The van der Waals surface area contributed by atoms with E-state index in [2.05, 4.69) is 31.2 Å². The fourth-order valence-corrected chi connectivity index (χ4v) is 4.56. The summed E-state index contributed by atoms with van der Waals surface area (Å²) in [6, 6.07) is 0. The number of carboxylic acid groups (broad SMARTS) is 1. The molecule has 25 heavy (non-hydrogen) atoms. The van der Waals surface area contributed by atoms with Gasteiger partial charge >= 0.3 is 57.4 Å². The maximum absolute atomic E-state index is 10.2. The Morgan fingerprint density at radius 3 is 2.12 bits per heavy atom. The van der Waals surface area contributed by atoms with Gasteiger partial charge in [-0.05, 0) is 42.9 Å². The van der Waals surface area contributed by atoms with Gasteiger partial charge in [0.05, 0.1) is 0 Å². The zero-order valence-corrected chi connectivity index (χ0v) is 15.5. The van der Waals surface area contributed by atoms with Gasteiger partial charge in [-0.25, -0.2) is 0 Å². The molecule has 1 N–H and O–H groups in total. The molecule has 0 radical (unpaired) electrons. The molecule has 3 rings (SSSR count). The monoisotopic (exact) mass is 372 g/mol. The zero-order chi connectivity index (χ0) is 17.2. The first-order chi connectivity index (χ1) is 11.7. The zero-order valence-electron chi connectivity index (χ0n) is 15.5. The van der Waals surface area contributed by atoms with Crippen LogP contribution in [0.2, 0.25) is 0 Å². The van der Waals surface area contributed by atoms with E-state index in [0.717, 1.165) is 36.5 Å². The third-order valence-corrected chi connectivity index (χ3v) is 5.95. The minimum atomic E-state index is -0.659. The summed E-state index contributed by atoms with van der Waals surface area (Å²) in [6.45, 7) is 2.23. The van der Waals surface area contributed by atoms with Crippen LogP contribution in [0.4, 0.5) is 0 Å². The Hall–Kier alpha value is 0.586. The molecular formula is C22H37KO2. The number of hydrogen-bond acceptors (Lipinski definition) is 1. The Morgan fingerprint density at radius 1 is 0.920 bits per heavy atom. The summed E-state index contributed by atoms with van der Waals surface area (Å²) in [6.07, 6.45) is 24.0. The van der Waals surface area contributed by atoms with E-state index in [1.165, 1.54) is 57.8 Å². The summed E-state index contributed by atoms with van der Waals surface area (Å²) in [7, 11) is 0. The van der Waals surface area contributed by atoms with Gasteiger partial charge < -0.3 is 5.11 Å². The van der Waals surface area contributed by atoms with E-state index in [-0.39, 0.29) is 51.4 Å². The molecule has 3 aliphatic rings. The van der Waals surface area contributed by atoms with E-state index in [9.17, 15) is 4.79 Å². The predicted molar refractivity (Wildman–Crippen MR) is 108 cm³/mol. The van der Waals surface area contributed by atoms with Gasteiger partial charge in [-0.1, -0.05) is 82.6 Å². The van der Waals surface area contributed by atoms with Crippen molar-refractivity contribution in [3.05, 3.63) is 24.3 Å². The van der Waals surface area contributed by atoms with Gasteiger partial charge in [0.25, 0.3) is 0 Å². The van der Waals surface area contributed by atoms with Gasteiger partial charge in [0.1, 0.15) is 0 Å². The van der Waals surface area contributed by atoms with Crippen molar-refractivity contribution in [3.8, 4) is 0 Å². The van der Waals surface area contributed by atoms with Crippen molar-refractivity contribution in [2.75, 3.05) is 0 Å². The van der Waals surface area contributed by atoms with Crippen LogP contribution in [0.15, 0.2) is 24.3 Å². The van der Waals surface area contributed by atoms with Crippen molar-refractivity contribution >= 4 is 57.4 Å². The van der Waals surface area contributed by atoms with Crippen molar-refractivity contribution < 1.29 is 9.90 Å². The van der Waals surface area contributed by atoms with Gasteiger partial charge in [0.15, 0.2) is 0 Å². The maximum atomic E-state index is 10.2. The molecule has 0 aliphatic heterocycles. The number of carbonyl (C=O) groups is 1. The Morgan fingerprint density at radius 2 is 1.52 bits per heavy atom. The minimum absolute atomic E-state index is 0. The normalized spacial score (nSPS) is 27.6. The standard InChI is InChI=1S/C12H24O2.C10H12.K.H/c1-2-3-4-5-6-7-8-9-10-11-12(13)14;1-2-9-7-4-5-8(6-7)10(9)3-1;;/h2-11H2,1H3,(H,13,14);1-2,4-5,7-10H,3,6H2;;. The second kappa shape index (κ2) is 13.7. The fraction of sp³-hybridized carbons (Fsp3) is 0.773. The van der Waals surface area contributed by atoms with Crippen molar-refractivity contribution in [3.63, 3.8) is 0 Å². The van der Waals surface area contributed by atoms with E-state index in [1.807, 2.05) is 0 Å². The number of aliphatic carboxylic acids is 1. The summed E-state index contributed by atoms with van der Waals surface area (Å²) in [5.41, 5.74) is 0. The SMILES string of the molecule is C1=CC2C3C=CC(C3)C2C1.CCCCCCCCCCCC(=O)O.[KH]. The van der Waals surface area contributed by atoms with Crippen LogP contribution < -0.4 is 0 Å².